The molecule has 3 N–H and O–H groups in total. The van der Waals surface area contributed by atoms with Crippen LogP contribution in [0.5, 0.6) is 0 Å². The summed E-state index contributed by atoms with van der Waals surface area (Å²) in [6.45, 7) is 0.692. The second-order valence-electron chi connectivity index (χ2n) is 4.64. The Balaban J connectivity index is 2.06. The molecule has 114 valence electrons. The van der Waals surface area contributed by atoms with Crippen molar-refractivity contribution in [3.8, 4) is 0 Å². The quantitative estimate of drug-likeness (QED) is 0.788. The van der Waals surface area contributed by atoms with E-state index in [1.807, 2.05) is 5.38 Å². The summed E-state index contributed by atoms with van der Waals surface area (Å²) in [6, 6.07) is 4.71. The minimum absolute atomic E-state index is 0.190. The minimum atomic E-state index is -3.45. The molecule has 21 heavy (non-hydrogen) atoms. The average Bonchev–Trinajstić information content (AvgIpc) is 2.93. The molecule has 1 heterocycles. The van der Waals surface area contributed by atoms with E-state index in [4.69, 9.17) is 5.73 Å². The third-order valence-corrected chi connectivity index (χ3v) is 5.59. The number of hydrogen-bond donors (Lipinski definition) is 2. The van der Waals surface area contributed by atoms with Crippen molar-refractivity contribution < 1.29 is 8.42 Å². The van der Waals surface area contributed by atoms with Crippen LogP contribution in [0.4, 0.5) is 11.4 Å². The van der Waals surface area contributed by atoms with Gasteiger partial charge in [-0.3, -0.25) is 0 Å². The molecule has 8 heteroatoms. The van der Waals surface area contributed by atoms with Crippen LogP contribution in [0.25, 0.3) is 0 Å². The van der Waals surface area contributed by atoms with Crippen molar-refractivity contribution in [1.82, 2.24) is 9.29 Å². The van der Waals surface area contributed by atoms with Crippen molar-refractivity contribution in [2.75, 3.05) is 31.7 Å². The number of nitrogens with zero attached hydrogens (tertiary/aromatic N) is 2. The lowest BCUT2D eigenvalue weighted by Gasteiger charge is -2.14. The summed E-state index contributed by atoms with van der Waals surface area (Å²) in [6.07, 6.45) is 2.57. The zero-order valence-electron chi connectivity index (χ0n) is 11.9. The average molecular weight is 326 g/mol. The maximum absolute atomic E-state index is 12.0. The Morgan fingerprint density at radius 3 is 2.71 bits per heavy atom. The Bertz CT molecular complexity index is 697. The number of nitrogens with one attached hydrogen (secondary N) is 1. The first kappa shape index (κ1) is 15.7. The smallest absolute Gasteiger partial charge is 0.242 e. The summed E-state index contributed by atoms with van der Waals surface area (Å²) in [7, 11) is -0.471. The summed E-state index contributed by atoms with van der Waals surface area (Å²) >= 11 is 1.60. The molecule has 0 aliphatic heterocycles. The molecule has 0 aliphatic carbocycles. The Labute approximate surface area is 128 Å². The maximum Gasteiger partial charge on any atom is 0.242 e. The first-order chi connectivity index (χ1) is 9.91. The molecular formula is C13H18N4O2S2. The van der Waals surface area contributed by atoms with Gasteiger partial charge in [0.1, 0.15) is 0 Å². The summed E-state index contributed by atoms with van der Waals surface area (Å²) in [5.74, 6) is 0. The predicted octanol–water partition coefficient (Wildman–Crippen LogP) is 1.63. The van der Waals surface area contributed by atoms with Crippen molar-refractivity contribution in [2.45, 2.75) is 11.3 Å². The van der Waals surface area contributed by atoms with E-state index in [0.29, 0.717) is 12.2 Å². The monoisotopic (exact) mass is 326 g/mol. The van der Waals surface area contributed by atoms with Gasteiger partial charge in [0.05, 0.1) is 21.3 Å². The maximum atomic E-state index is 12.0. The fourth-order valence-corrected chi connectivity index (χ4v) is 3.31. The molecule has 0 unspecified atom stereocenters. The summed E-state index contributed by atoms with van der Waals surface area (Å²) in [5.41, 5.74) is 7.06. The number of anilines is 2. The Morgan fingerprint density at radius 1 is 1.38 bits per heavy atom. The van der Waals surface area contributed by atoms with E-state index < -0.39 is 10.0 Å². The number of thiazole rings is 1. The molecular weight excluding hydrogens is 308 g/mol. The van der Waals surface area contributed by atoms with E-state index in [-0.39, 0.29) is 4.90 Å². The molecule has 1 aromatic carbocycles. The van der Waals surface area contributed by atoms with Crippen LogP contribution in [0, 0.1) is 0 Å². The number of sulfonamides is 1. The van der Waals surface area contributed by atoms with Gasteiger partial charge in [0.25, 0.3) is 0 Å². The minimum Gasteiger partial charge on any atom is -0.397 e. The fourth-order valence-electron chi connectivity index (χ4n) is 1.75. The van der Waals surface area contributed by atoms with Crippen LogP contribution in [-0.4, -0.2) is 38.3 Å². The number of benzene rings is 1. The second-order valence-corrected chi connectivity index (χ2v) is 7.77. The lowest BCUT2D eigenvalue weighted by atomic mass is 10.2. The molecule has 0 fully saturated rings. The standard InChI is InChI=1S/C13H18N4O2S2/c1-17(2)21(18,19)10-3-4-12(11(14)9-10)15-6-5-13-16-7-8-20-13/h3-4,7-9,15H,5-6,14H2,1-2H3. The van der Waals surface area contributed by atoms with Gasteiger partial charge in [-0.15, -0.1) is 11.3 Å². The van der Waals surface area contributed by atoms with Gasteiger partial charge >= 0.3 is 0 Å². The lowest BCUT2D eigenvalue weighted by Crippen LogP contribution is -2.22. The molecule has 0 spiro atoms. The summed E-state index contributed by atoms with van der Waals surface area (Å²) < 4.78 is 25.2. The highest BCUT2D eigenvalue weighted by molar-refractivity contribution is 7.89. The van der Waals surface area contributed by atoms with Crippen molar-refractivity contribution in [1.29, 1.82) is 0 Å². The van der Waals surface area contributed by atoms with Gasteiger partial charge in [-0.25, -0.2) is 17.7 Å². The highest BCUT2D eigenvalue weighted by Gasteiger charge is 2.17. The molecule has 0 saturated carbocycles. The van der Waals surface area contributed by atoms with E-state index in [9.17, 15) is 8.42 Å². The van der Waals surface area contributed by atoms with E-state index >= 15 is 0 Å². The van der Waals surface area contributed by atoms with Gasteiger partial charge < -0.3 is 11.1 Å². The normalized spacial score (nSPS) is 11.8. The molecule has 1 aromatic heterocycles. The van der Waals surface area contributed by atoms with Gasteiger partial charge in [-0.2, -0.15) is 0 Å². The molecule has 0 bridgehead atoms. The van der Waals surface area contributed by atoms with E-state index in [1.54, 1.807) is 29.7 Å². The van der Waals surface area contributed by atoms with E-state index in [0.717, 1.165) is 21.4 Å². The van der Waals surface area contributed by atoms with Crippen LogP contribution in [0.2, 0.25) is 0 Å². The van der Waals surface area contributed by atoms with E-state index in [1.165, 1.54) is 20.2 Å². The van der Waals surface area contributed by atoms with Gasteiger partial charge in [-0.05, 0) is 18.2 Å². The third-order valence-electron chi connectivity index (χ3n) is 2.94. The van der Waals surface area contributed by atoms with Gasteiger partial charge in [0.15, 0.2) is 0 Å². The van der Waals surface area contributed by atoms with Crippen LogP contribution >= 0.6 is 11.3 Å². The Hall–Kier alpha value is -1.64. The predicted molar refractivity (Wildman–Crippen MR) is 86.0 cm³/mol. The Morgan fingerprint density at radius 2 is 2.14 bits per heavy atom. The van der Waals surface area contributed by atoms with Crippen LogP contribution in [0.1, 0.15) is 5.01 Å². The van der Waals surface area contributed by atoms with Crippen molar-refractivity contribution in [2.24, 2.45) is 0 Å². The lowest BCUT2D eigenvalue weighted by molar-refractivity contribution is 0.521. The van der Waals surface area contributed by atoms with Crippen LogP contribution in [0.3, 0.4) is 0 Å². The summed E-state index contributed by atoms with van der Waals surface area (Å²) in [5, 5.41) is 6.18. The van der Waals surface area contributed by atoms with E-state index in [2.05, 4.69) is 10.3 Å². The number of aromatic nitrogens is 1. The highest BCUT2D eigenvalue weighted by atomic mass is 32.2. The first-order valence-corrected chi connectivity index (χ1v) is 8.67. The topological polar surface area (TPSA) is 88.3 Å². The molecule has 0 aliphatic rings. The van der Waals surface area contributed by atoms with Gasteiger partial charge in [-0.1, -0.05) is 0 Å². The molecule has 0 atom stereocenters. The number of nitrogen functional groups attached to an aromatic ring is 1. The number of nitrogens with two attached hydrogens (primary N) is 1. The van der Waals surface area contributed by atoms with Gasteiger partial charge in [0.2, 0.25) is 10.0 Å². The van der Waals surface area contributed by atoms with Crippen molar-refractivity contribution in [3.05, 3.63) is 34.8 Å². The summed E-state index contributed by atoms with van der Waals surface area (Å²) in [4.78, 5) is 4.39. The molecule has 0 amide bonds. The first-order valence-electron chi connectivity index (χ1n) is 6.35. The number of hydrogen-bond acceptors (Lipinski definition) is 6. The van der Waals surface area contributed by atoms with Crippen LogP contribution in [0.15, 0.2) is 34.7 Å². The van der Waals surface area contributed by atoms with Crippen LogP contribution < -0.4 is 11.1 Å². The van der Waals surface area contributed by atoms with Gasteiger partial charge in [0, 0.05) is 38.6 Å². The highest BCUT2D eigenvalue weighted by Crippen LogP contribution is 2.24. The number of rotatable bonds is 6. The zero-order chi connectivity index (χ0) is 15.5. The van der Waals surface area contributed by atoms with Crippen molar-refractivity contribution >= 4 is 32.7 Å². The third kappa shape index (κ3) is 3.72. The zero-order valence-corrected chi connectivity index (χ0v) is 13.5. The molecule has 6 nitrogen and oxygen atoms in total. The molecule has 2 rings (SSSR count). The van der Waals surface area contributed by atoms with Crippen LogP contribution in [-0.2, 0) is 16.4 Å². The largest absolute Gasteiger partial charge is 0.397 e. The Kier molecular flexibility index (Phi) is 4.81. The fraction of sp³-hybridized carbons (Fsp3) is 0.308. The van der Waals surface area contributed by atoms with Crippen molar-refractivity contribution in [3.63, 3.8) is 0 Å². The second kappa shape index (κ2) is 6.42. The SMILES string of the molecule is CN(C)S(=O)(=O)c1ccc(NCCc2nccs2)c(N)c1. The molecule has 0 saturated heterocycles. The molecule has 0 radical (unpaired) electrons. The molecule has 2 aromatic rings.